The molecule has 0 saturated heterocycles. The number of hydrogen-bond acceptors (Lipinski definition) is 7. The lowest BCUT2D eigenvalue weighted by molar-refractivity contribution is -0.115. The maximum Gasteiger partial charge on any atom is 0.231 e. The van der Waals surface area contributed by atoms with Gasteiger partial charge in [0, 0.05) is 30.3 Å². The minimum atomic E-state index is -0.0937. The van der Waals surface area contributed by atoms with Crippen LogP contribution in [-0.4, -0.2) is 33.3 Å². The predicted octanol–water partition coefficient (Wildman–Crippen LogP) is 2.63. The Labute approximate surface area is 172 Å². The highest BCUT2D eigenvalue weighted by molar-refractivity contribution is 7.99. The number of carbonyl (C=O) groups is 1. The van der Waals surface area contributed by atoms with Crippen LogP contribution in [0.4, 0.5) is 5.69 Å². The summed E-state index contributed by atoms with van der Waals surface area (Å²) < 4.78 is 12.1. The molecule has 1 aliphatic rings. The molecule has 0 spiro atoms. The number of nitrogens with two attached hydrogens (primary N) is 1. The van der Waals surface area contributed by atoms with Crippen LogP contribution in [0.1, 0.15) is 17.8 Å². The first-order valence-corrected chi connectivity index (χ1v) is 10.2. The van der Waals surface area contributed by atoms with Gasteiger partial charge in [0.05, 0.1) is 0 Å². The lowest BCUT2D eigenvalue weighted by Crippen LogP contribution is -2.15. The van der Waals surface area contributed by atoms with E-state index in [4.69, 9.17) is 15.3 Å². The Kier molecular flexibility index (Phi) is 5.85. The highest BCUT2D eigenvalue weighted by Crippen LogP contribution is 2.34. The van der Waals surface area contributed by atoms with E-state index in [0.29, 0.717) is 40.9 Å². The van der Waals surface area contributed by atoms with Crippen molar-refractivity contribution < 1.29 is 14.3 Å². The number of ether oxygens (including phenoxy) is 2. The Bertz CT molecular complexity index is 993. The maximum absolute atomic E-state index is 12.2. The number of rotatable bonds is 8. The lowest BCUT2D eigenvalue weighted by Gasteiger charge is -2.06. The molecule has 1 aliphatic heterocycles. The molecule has 1 aromatic heterocycles. The molecular formula is C20H21N5O3S. The first kappa shape index (κ1) is 19.1. The number of hydrogen-bond donors (Lipinski definition) is 2. The number of fused-ring (bicyclic) bond motifs is 1. The monoisotopic (exact) mass is 411 g/mol. The molecule has 0 saturated carbocycles. The molecule has 0 radical (unpaired) electrons. The second-order valence-corrected chi connectivity index (χ2v) is 7.53. The number of carbonyl (C=O) groups excluding carboxylic acids is 1. The van der Waals surface area contributed by atoms with Crippen molar-refractivity contribution in [2.24, 2.45) is 0 Å². The van der Waals surface area contributed by atoms with Crippen molar-refractivity contribution in [3.05, 3.63) is 59.9 Å². The molecule has 2 aromatic carbocycles. The minimum Gasteiger partial charge on any atom is -0.454 e. The molecule has 0 bridgehead atoms. The number of amides is 1. The quantitative estimate of drug-likeness (QED) is 0.434. The van der Waals surface area contributed by atoms with Gasteiger partial charge in [0.1, 0.15) is 0 Å². The fourth-order valence-corrected chi connectivity index (χ4v) is 3.72. The zero-order valence-electron chi connectivity index (χ0n) is 15.7. The van der Waals surface area contributed by atoms with E-state index in [1.54, 1.807) is 18.2 Å². The average molecular weight is 411 g/mol. The normalized spacial score (nSPS) is 12.1. The predicted molar refractivity (Wildman–Crippen MR) is 111 cm³/mol. The lowest BCUT2D eigenvalue weighted by atomic mass is 10.1. The van der Waals surface area contributed by atoms with E-state index < -0.39 is 0 Å². The molecule has 2 heterocycles. The van der Waals surface area contributed by atoms with Gasteiger partial charge in [-0.2, -0.15) is 0 Å². The molecule has 29 heavy (non-hydrogen) atoms. The van der Waals surface area contributed by atoms with Crippen LogP contribution < -0.4 is 20.6 Å². The minimum absolute atomic E-state index is 0.0937. The molecule has 1 amide bonds. The highest BCUT2D eigenvalue weighted by atomic mass is 32.2. The van der Waals surface area contributed by atoms with Crippen molar-refractivity contribution in [1.29, 1.82) is 0 Å². The van der Waals surface area contributed by atoms with Gasteiger partial charge in [-0.25, -0.2) is 4.68 Å². The second kappa shape index (κ2) is 8.87. The molecule has 0 unspecified atom stereocenters. The summed E-state index contributed by atoms with van der Waals surface area (Å²) in [4.78, 5) is 12.2. The summed E-state index contributed by atoms with van der Waals surface area (Å²) in [5, 5.41) is 11.8. The van der Waals surface area contributed by atoms with E-state index in [9.17, 15) is 4.79 Å². The van der Waals surface area contributed by atoms with Crippen LogP contribution in [0.2, 0.25) is 0 Å². The summed E-state index contributed by atoms with van der Waals surface area (Å²) in [5.41, 5.74) is 1.90. The third-order valence-corrected chi connectivity index (χ3v) is 5.38. The van der Waals surface area contributed by atoms with E-state index >= 15 is 0 Å². The van der Waals surface area contributed by atoms with Crippen LogP contribution in [0.25, 0.3) is 0 Å². The molecule has 150 valence electrons. The van der Waals surface area contributed by atoms with Crippen molar-refractivity contribution in [3.8, 4) is 11.5 Å². The van der Waals surface area contributed by atoms with Gasteiger partial charge >= 0.3 is 0 Å². The van der Waals surface area contributed by atoms with Crippen LogP contribution in [0, 0.1) is 0 Å². The number of nitrogens with one attached hydrogen (secondary N) is 1. The van der Waals surface area contributed by atoms with Crippen molar-refractivity contribution in [2.75, 3.05) is 23.7 Å². The number of thioether (sulfide) groups is 1. The molecule has 0 fully saturated rings. The second-order valence-electron chi connectivity index (χ2n) is 6.47. The zero-order valence-corrected chi connectivity index (χ0v) is 16.5. The number of nitrogen functional groups attached to an aromatic ring is 1. The van der Waals surface area contributed by atoms with Crippen LogP contribution in [-0.2, 0) is 17.6 Å². The topological polar surface area (TPSA) is 104 Å². The van der Waals surface area contributed by atoms with Crippen LogP contribution in [0.3, 0.4) is 0 Å². The summed E-state index contributed by atoms with van der Waals surface area (Å²) in [7, 11) is 0. The third-order valence-electron chi connectivity index (χ3n) is 4.43. The van der Waals surface area contributed by atoms with Gasteiger partial charge in [-0.05, 0) is 24.1 Å². The zero-order chi connectivity index (χ0) is 20.1. The van der Waals surface area contributed by atoms with Gasteiger partial charge in [-0.15, -0.1) is 10.2 Å². The van der Waals surface area contributed by atoms with Gasteiger partial charge < -0.3 is 20.6 Å². The van der Waals surface area contributed by atoms with Gasteiger partial charge in [0.25, 0.3) is 0 Å². The summed E-state index contributed by atoms with van der Waals surface area (Å²) in [6.07, 6.45) is 1.88. The molecule has 0 aliphatic carbocycles. The van der Waals surface area contributed by atoms with Crippen LogP contribution in [0.15, 0.2) is 53.7 Å². The molecule has 3 aromatic rings. The summed E-state index contributed by atoms with van der Waals surface area (Å²) in [5.74, 6) is 8.60. The Balaban J connectivity index is 1.24. The first-order valence-electron chi connectivity index (χ1n) is 9.24. The summed E-state index contributed by atoms with van der Waals surface area (Å²) in [6.45, 7) is 0.205. The van der Waals surface area contributed by atoms with E-state index in [2.05, 4.69) is 27.6 Å². The fourth-order valence-electron chi connectivity index (χ4n) is 2.91. The SMILES string of the molecule is Nn1c(CCc2ccccc2)nnc1SCCC(=O)Nc1ccc2c(c1)OCO2. The number of benzene rings is 2. The summed E-state index contributed by atoms with van der Waals surface area (Å²) in [6, 6.07) is 15.5. The van der Waals surface area contributed by atoms with Crippen molar-refractivity contribution in [2.45, 2.75) is 24.4 Å². The molecular weight excluding hydrogens is 390 g/mol. The van der Waals surface area contributed by atoms with Crippen molar-refractivity contribution in [1.82, 2.24) is 14.9 Å². The highest BCUT2D eigenvalue weighted by Gasteiger charge is 2.15. The smallest absolute Gasteiger partial charge is 0.231 e. The van der Waals surface area contributed by atoms with E-state index in [1.165, 1.54) is 22.0 Å². The Morgan fingerprint density at radius 2 is 1.93 bits per heavy atom. The Morgan fingerprint density at radius 3 is 2.79 bits per heavy atom. The molecule has 0 atom stereocenters. The number of anilines is 1. The standard InChI is InChI=1S/C20H21N5O3S/c21-25-18(9-6-14-4-2-1-3-5-14)23-24-20(25)29-11-10-19(26)22-15-7-8-16-17(12-15)28-13-27-16/h1-5,7-8,12H,6,9-11,13,21H2,(H,22,26). The van der Waals surface area contributed by atoms with Crippen LogP contribution in [0.5, 0.6) is 11.5 Å². The van der Waals surface area contributed by atoms with E-state index in [-0.39, 0.29) is 12.7 Å². The fraction of sp³-hybridized carbons (Fsp3) is 0.250. The van der Waals surface area contributed by atoms with E-state index in [0.717, 1.165) is 12.2 Å². The Hall–Kier alpha value is -3.20. The number of aromatic nitrogens is 3. The van der Waals surface area contributed by atoms with E-state index in [1.807, 2.05) is 18.2 Å². The average Bonchev–Trinajstić information content (AvgIpc) is 3.34. The molecule has 9 heteroatoms. The molecule has 4 rings (SSSR count). The van der Waals surface area contributed by atoms with Gasteiger partial charge in [-0.3, -0.25) is 4.79 Å². The largest absolute Gasteiger partial charge is 0.454 e. The van der Waals surface area contributed by atoms with Gasteiger partial charge in [0.15, 0.2) is 17.3 Å². The number of nitrogens with zero attached hydrogens (tertiary/aromatic N) is 3. The first-order chi connectivity index (χ1) is 14.2. The Morgan fingerprint density at radius 1 is 1.10 bits per heavy atom. The molecule has 3 N–H and O–H groups in total. The van der Waals surface area contributed by atoms with Crippen molar-refractivity contribution >= 4 is 23.4 Å². The third kappa shape index (κ3) is 4.80. The summed E-state index contributed by atoms with van der Waals surface area (Å²) >= 11 is 1.41. The molecule has 8 nitrogen and oxygen atoms in total. The maximum atomic E-state index is 12.2. The number of aryl methyl sites for hydroxylation is 2. The van der Waals surface area contributed by atoms with Crippen LogP contribution >= 0.6 is 11.8 Å². The van der Waals surface area contributed by atoms with Gasteiger partial charge in [-0.1, -0.05) is 42.1 Å². The van der Waals surface area contributed by atoms with Crippen molar-refractivity contribution in [3.63, 3.8) is 0 Å². The van der Waals surface area contributed by atoms with Gasteiger partial charge in [0.2, 0.25) is 17.9 Å².